The maximum atomic E-state index is 13.0. The van der Waals surface area contributed by atoms with Crippen molar-refractivity contribution in [3.05, 3.63) is 11.6 Å². The topological polar surface area (TPSA) is 82.2 Å². The van der Waals surface area contributed by atoms with Crippen LogP contribution in [0.2, 0.25) is 0 Å². The summed E-state index contributed by atoms with van der Waals surface area (Å²) in [5.41, 5.74) is -0.175. The van der Waals surface area contributed by atoms with Gasteiger partial charge in [-0.15, -0.1) is 0 Å². The van der Waals surface area contributed by atoms with E-state index < -0.39 is 11.2 Å². The second kappa shape index (κ2) is 5.56. The molecule has 4 aliphatic carbocycles. The smallest absolute Gasteiger partial charge is 0.309 e. The number of carbonyl (C=O) groups excluding carboxylic acids is 3. The first-order valence-corrected chi connectivity index (χ1v) is 11.4. The summed E-state index contributed by atoms with van der Waals surface area (Å²) in [6, 6.07) is 0. The molecule has 0 N–H and O–H groups in total. The van der Waals surface area contributed by atoms with E-state index in [1.807, 2.05) is 0 Å². The minimum atomic E-state index is -0.424. The first-order valence-electron chi connectivity index (χ1n) is 11.4. The highest BCUT2D eigenvalue weighted by Gasteiger charge is 2.83. The Balaban J connectivity index is 1.49. The summed E-state index contributed by atoms with van der Waals surface area (Å²) in [6.07, 6.45) is 7.61. The lowest BCUT2D eigenvalue weighted by Crippen LogP contribution is -2.63. The molecule has 6 heteroatoms. The molecule has 0 aromatic heterocycles. The van der Waals surface area contributed by atoms with Crippen LogP contribution in [0.5, 0.6) is 0 Å². The summed E-state index contributed by atoms with van der Waals surface area (Å²) in [6.45, 7) is 4.51. The molecule has 2 saturated heterocycles. The van der Waals surface area contributed by atoms with Crippen molar-refractivity contribution in [2.75, 3.05) is 7.11 Å². The van der Waals surface area contributed by atoms with Crippen LogP contribution in [-0.2, 0) is 28.6 Å². The van der Waals surface area contributed by atoms with Crippen molar-refractivity contribution in [1.82, 2.24) is 0 Å². The molecule has 0 radical (unpaired) electrons. The van der Waals surface area contributed by atoms with Crippen LogP contribution in [0.3, 0.4) is 0 Å². The average molecular weight is 414 g/mol. The number of ether oxygens (including phenoxy) is 3. The fourth-order valence-corrected chi connectivity index (χ4v) is 8.69. The summed E-state index contributed by atoms with van der Waals surface area (Å²) in [5, 5.41) is 0. The summed E-state index contributed by atoms with van der Waals surface area (Å²) in [7, 11) is 1.45. The fraction of sp³-hybridized carbons (Fsp3) is 0.792. The normalized spacial score (nSPS) is 53.2. The maximum Gasteiger partial charge on any atom is 0.309 e. The van der Waals surface area contributed by atoms with Gasteiger partial charge in [-0.2, -0.15) is 0 Å². The van der Waals surface area contributed by atoms with Crippen molar-refractivity contribution in [2.45, 2.75) is 82.5 Å². The Hall–Kier alpha value is -1.69. The van der Waals surface area contributed by atoms with Gasteiger partial charge in [0.1, 0.15) is 11.2 Å². The Bertz CT molecular complexity index is 907. The van der Waals surface area contributed by atoms with Gasteiger partial charge in [-0.1, -0.05) is 19.4 Å². The Morgan fingerprint density at radius 3 is 2.67 bits per heavy atom. The number of methoxy groups -OCH3 is 1. The van der Waals surface area contributed by atoms with Crippen LogP contribution in [0.25, 0.3) is 0 Å². The summed E-state index contributed by atoms with van der Waals surface area (Å²) in [4.78, 5) is 37.4. The molecule has 0 amide bonds. The molecular weight excluding hydrogens is 384 g/mol. The van der Waals surface area contributed by atoms with E-state index in [1.165, 1.54) is 7.11 Å². The molecule has 3 saturated carbocycles. The van der Waals surface area contributed by atoms with Crippen LogP contribution in [0.4, 0.5) is 0 Å². The summed E-state index contributed by atoms with van der Waals surface area (Å²) >= 11 is 0. The number of carbonyl (C=O) groups is 3. The van der Waals surface area contributed by atoms with Crippen molar-refractivity contribution in [3.8, 4) is 0 Å². The summed E-state index contributed by atoms with van der Waals surface area (Å²) in [5.74, 6) is -0.201. The number of ketones is 1. The van der Waals surface area contributed by atoms with Gasteiger partial charge >= 0.3 is 11.9 Å². The molecule has 30 heavy (non-hydrogen) atoms. The first kappa shape index (κ1) is 19.0. The van der Waals surface area contributed by atoms with Crippen LogP contribution < -0.4 is 0 Å². The Labute approximate surface area is 176 Å². The zero-order valence-electron chi connectivity index (χ0n) is 18.0. The van der Waals surface area contributed by atoms with Crippen LogP contribution in [0.15, 0.2) is 11.6 Å². The third kappa shape index (κ3) is 1.94. The molecule has 6 aliphatic rings. The molecule has 2 spiro atoms. The van der Waals surface area contributed by atoms with E-state index in [-0.39, 0.29) is 52.4 Å². The molecule has 6 nitrogen and oxygen atoms in total. The van der Waals surface area contributed by atoms with Crippen LogP contribution in [0, 0.1) is 28.6 Å². The van der Waals surface area contributed by atoms with E-state index in [0.717, 1.165) is 37.7 Å². The number of fused-ring (bicyclic) bond motifs is 4. The lowest BCUT2D eigenvalue weighted by molar-refractivity contribution is -0.172. The molecule has 0 bridgehead atoms. The highest BCUT2D eigenvalue weighted by Crippen LogP contribution is 2.78. The molecule has 0 aromatic carbocycles. The van der Waals surface area contributed by atoms with Crippen molar-refractivity contribution < 1.29 is 28.6 Å². The van der Waals surface area contributed by atoms with Crippen LogP contribution in [0.1, 0.15) is 65.2 Å². The minimum absolute atomic E-state index is 0.0303. The molecule has 2 aliphatic heterocycles. The second-order valence-corrected chi connectivity index (χ2v) is 11.0. The summed E-state index contributed by atoms with van der Waals surface area (Å²) < 4.78 is 17.9. The SMILES string of the molecule is COC(=O)[C@@H]1CC2=CC(=O)CC[C@]2(C)[C@]23OC2C[C@@]2(C)[C@@H](CC[C@@]24CCC(=O)O4)[C@H]13. The van der Waals surface area contributed by atoms with Crippen molar-refractivity contribution in [1.29, 1.82) is 0 Å². The van der Waals surface area contributed by atoms with E-state index in [1.54, 1.807) is 6.08 Å². The van der Waals surface area contributed by atoms with Gasteiger partial charge < -0.3 is 14.2 Å². The Kier molecular flexibility index (Phi) is 3.53. The molecule has 8 atom stereocenters. The molecule has 2 heterocycles. The predicted octanol–water partition coefficient (Wildman–Crippen LogP) is 3.12. The third-order valence-electron chi connectivity index (χ3n) is 10.2. The first-order chi connectivity index (χ1) is 14.2. The molecule has 1 unspecified atom stereocenters. The highest BCUT2D eigenvalue weighted by molar-refractivity contribution is 5.92. The Morgan fingerprint density at radius 2 is 1.97 bits per heavy atom. The van der Waals surface area contributed by atoms with Gasteiger partial charge in [-0.05, 0) is 50.5 Å². The van der Waals surface area contributed by atoms with E-state index in [0.29, 0.717) is 19.3 Å². The predicted molar refractivity (Wildman–Crippen MR) is 105 cm³/mol. The number of esters is 2. The van der Waals surface area contributed by atoms with E-state index in [4.69, 9.17) is 14.2 Å². The van der Waals surface area contributed by atoms with Gasteiger partial charge in [-0.3, -0.25) is 14.4 Å². The largest absolute Gasteiger partial charge is 0.469 e. The van der Waals surface area contributed by atoms with Gasteiger partial charge in [0.25, 0.3) is 0 Å². The fourth-order valence-electron chi connectivity index (χ4n) is 8.69. The average Bonchev–Trinajstić information content (AvgIpc) is 3.20. The van der Waals surface area contributed by atoms with Gasteiger partial charge in [0, 0.05) is 29.6 Å². The molecule has 0 aromatic rings. The molecule has 162 valence electrons. The van der Waals surface area contributed by atoms with Crippen molar-refractivity contribution in [2.24, 2.45) is 28.6 Å². The molecule has 6 rings (SSSR count). The number of hydrogen-bond donors (Lipinski definition) is 0. The minimum Gasteiger partial charge on any atom is -0.469 e. The lowest BCUT2D eigenvalue weighted by Gasteiger charge is -2.58. The third-order valence-corrected chi connectivity index (χ3v) is 10.2. The zero-order chi connectivity index (χ0) is 21.1. The number of hydrogen-bond acceptors (Lipinski definition) is 6. The number of rotatable bonds is 1. The van der Waals surface area contributed by atoms with Crippen molar-refractivity contribution >= 4 is 17.7 Å². The standard InChI is InChI=1S/C24H30O6/c1-21-7-4-14(25)10-13(21)11-15(20(27)28-3)19-16-5-8-23(9-6-18(26)30-23)22(16,2)12-17-24(19,21)29-17/h10,15-17,19H,4-9,11-12H2,1-3H3/t15-,16+,17?,19+,21+,22+,23-,24+/m1/s1. The van der Waals surface area contributed by atoms with E-state index in [9.17, 15) is 14.4 Å². The zero-order valence-corrected chi connectivity index (χ0v) is 18.0. The van der Waals surface area contributed by atoms with Gasteiger partial charge in [0.05, 0.1) is 19.1 Å². The van der Waals surface area contributed by atoms with E-state index in [2.05, 4.69) is 13.8 Å². The van der Waals surface area contributed by atoms with Gasteiger partial charge in [0.15, 0.2) is 5.78 Å². The maximum absolute atomic E-state index is 13.0. The van der Waals surface area contributed by atoms with Crippen LogP contribution in [-0.4, -0.2) is 42.1 Å². The Morgan fingerprint density at radius 1 is 1.17 bits per heavy atom. The molecule has 5 fully saturated rings. The monoisotopic (exact) mass is 414 g/mol. The van der Waals surface area contributed by atoms with Gasteiger partial charge in [-0.25, -0.2) is 0 Å². The lowest BCUT2D eigenvalue weighted by atomic mass is 9.43. The van der Waals surface area contributed by atoms with E-state index >= 15 is 0 Å². The van der Waals surface area contributed by atoms with Crippen molar-refractivity contribution in [3.63, 3.8) is 0 Å². The van der Waals surface area contributed by atoms with Crippen LogP contribution >= 0.6 is 0 Å². The van der Waals surface area contributed by atoms with Gasteiger partial charge in [0.2, 0.25) is 0 Å². The quantitative estimate of drug-likeness (QED) is 0.484. The molecular formula is C24H30O6. The second-order valence-electron chi connectivity index (χ2n) is 11.0. The highest BCUT2D eigenvalue weighted by atomic mass is 16.6. The number of epoxide rings is 1.